The summed E-state index contributed by atoms with van der Waals surface area (Å²) in [5, 5.41) is 6.70. The molecule has 3 rings (SSSR count). The normalized spacial score (nSPS) is 17.0. The van der Waals surface area contributed by atoms with Crippen LogP contribution in [0, 0.1) is 11.8 Å². The fourth-order valence-electron chi connectivity index (χ4n) is 2.92. The maximum atomic E-state index is 12.5. The standard InChI is InChI=1S/C20H22ClN3O3S/c1-3-11(2)18(26)24-20-23-15-8-13(9-16(25)17(15)28-20)19(27)22-10-12-4-6-14(21)7-5-12/h4-7,11,13H,3,8-10H2,1-2H3,(H,22,27)(H,23,24,26)/t11-,13-/m0/s1. The predicted molar refractivity (Wildman–Crippen MR) is 110 cm³/mol. The second-order valence-corrected chi connectivity index (χ2v) is 8.40. The van der Waals surface area contributed by atoms with Crippen molar-refractivity contribution >= 4 is 45.7 Å². The lowest BCUT2D eigenvalue weighted by atomic mass is 9.89. The number of halogens is 1. The Morgan fingerprint density at radius 3 is 2.68 bits per heavy atom. The van der Waals surface area contributed by atoms with Crippen LogP contribution >= 0.6 is 22.9 Å². The average molecular weight is 420 g/mol. The second kappa shape index (κ2) is 8.84. The molecule has 0 fully saturated rings. The van der Waals surface area contributed by atoms with Crippen LogP contribution in [0.5, 0.6) is 0 Å². The number of thiazole rings is 1. The Balaban J connectivity index is 1.63. The third-order valence-electron chi connectivity index (χ3n) is 4.86. The van der Waals surface area contributed by atoms with Gasteiger partial charge in [0.25, 0.3) is 0 Å². The number of hydrogen-bond donors (Lipinski definition) is 2. The van der Waals surface area contributed by atoms with Gasteiger partial charge in [-0.1, -0.05) is 48.9 Å². The molecule has 2 N–H and O–H groups in total. The number of nitrogens with one attached hydrogen (secondary N) is 2. The van der Waals surface area contributed by atoms with Crippen LogP contribution in [0.4, 0.5) is 5.13 Å². The molecule has 1 aliphatic rings. The van der Waals surface area contributed by atoms with Crippen molar-refractivity contribution < 1.29 is 14.4 Å². The third-order valence-corrected chi connectivity index (χ3v) is 6.17. The van der Waals surface area contributed by atoms with E-state index in [9.17, 15) is 14.4 Å². The van der Waals surface area contributed by atoms with E-state index in [1.54, 1.807) is 12.1 Å². The first-order chi connectivity index (χ1) is 13.4. The largest absolute Gasteiger partial charge is 0.352 e. The Kier molecular flexibility index (Phi) is 6.46. The van der Waals surface area contributed by atoms with E-state index in [4.69, 9.17) is 11.6 Å². The van der Waals surface area contributed by atoms with Crippen molar-refractivity contribution in [2.24, 2.45) is 11.8 Å². The van der Waals surface area contributed by atoms with E-state index >= 15 is 0 Å². The summed E-state index contributed by atoms with van der Waals surface area (Å²) in [6.45, 7) is 4.16. The number of carbonyl (C=O) groups is 3. The Morgan fingerprint density at radius 1 is 1.29 bits per heavy atom. The summed E-state index contributed by atoms with van der Waals surface area (Å²) >= 11 is 7.05. The first-order valence-corrected chi connectivity index (χ1v) is 10.4. The molecule has 1 aromatic carbocycles. The molecule has 0 radical (unpaired) electrons. The molecule has 0 saturated carbocycles. The fourth-order valence-corrected chi connectivity index (χ4v) is 3.99. The van der Waals surface area contributed by atoms with E-state index in [1.807, 2.05) is 26.0 Å². The summed E-state index contributed by atoms with van der Waals surface area (Å²) < 4.78 is 0. The number of carbonyl (C=O) groups excluding carboxylic acids is 3. The summed E-state index contributed by atoms with van der Waals surface area (Å²) in [7, 11) is 0. The summed E-state index contributed by atoms with van der Waals surface area (Å²) in [6.07, 6.45) is 1.27. The zero-order chi connectivity index (χ0) is 20.3. The predicted octanol–water partition coefficient (Wildman–Crippen LogP) is 3.84. The van der Waals surface area contributed by atoms with Gasteiger partial charge >= 0.3 is 0 Å². The van der Waals surface area contributed by atoms with Gasteiger partial charge in [-0.15, -0.1) is 0 Å². The number of fused-ring (bicyclic) bond motifs is 1. The molecule has 1 heterocycles. The number of benzene rings is 1. The van der Waals surface area contributed by atoms with Crippen LogP contribution in [0.2, 0.25) is 5.02 Å². The Labute approximate surface area is 172 Å². The Hall–Kier alpha value is -2.25. The van der Waals surface area contributed by atoms with Crippen LogP contribution in [0.25, 0.3) is 0 Å². The van der Waals surface area contributed by atoms with Crippen LogP contribution in [0.1, 0.15) is 47.6 Å². The van der Waals surface area contributed by atoms with Gasteiger partial charge in [0, 0.05) is 30.3 Å². The number of rotatable bonds is 6. The van der Waals surface area contributed by atoms with Gasteiger partial charge in [0.15, 0.2) is 10.9 Å². The highest BCUT2D eigenvalue weighted by molar-refractivity contribution is 7.17. The number of amides is 2. The number of aromatic nitrogens is 1. The summed E-state index contributed by atoms with van der Waals surface area (Å²) in [5.74, 6) is -0.963. The van der Waals surface area contributed by atoms with Crippen LogP contribution in [0.15, 0.2) is 24.3 Å². The lowest BCUT2D eigenvalue weighted by Gasteiger charge is -2.19. The lowest BCUT2D eigenvalue weighted by molar-refractivity contribution is -0.125. The number of hydrogen-bond acceptors (Lipinski definition) is 5. The summed E-state index contributed by atoms with van der Waals surface area (Å²) in [5.41, 5.74) is 1.52. The molecular formula is C20H22ClN3O3S. The van der Waals surface area contributed by atoms with Crippen molar-refractivity contribution in [2.45, 2.75) is 39.7 Å². The molecule has 1 aromatic heterocycles. The molecular weight excluding hydrogens is 398 g/mol. The van der Waals surface area contributed by atoms with E-state index in [-0.39, 0.29) is 29.9 Å². The molecule has 0 spiro atoms. The monoisotopic (exact) mass is 419 g/mol. The fraction of sp³-hybridized carbons (Fsp3) is 0.400. The molecule has 0 unspecified atom stereocenters. The van der Waals surface area contributed by atoms with Gasteiger partial charge in [0.2, 0.25) is 11.8 Å². The van der Waals surface area contributed by atoms with E-state index in [0.717, 1.165) is 12.0 Å². The lowest BCUT2D eigenvalue weighted by Crippen LogP contribution is -2.35. The summed E-state index contributed by atoms with van der Waals surface area (Å²) in [6, 6.07) is 7.23. The maximum Gasteiger partial charge on any atom is 0.228 e. The van der Waals surface area contributed by atoms with Crippen LogP contribution in [-0.2, 0) is 22.6 Å². The van der Waals surface area contributed by atoms with E-state index in [0.29, 0.717) is 33.7 Å². The van der Waals surface area contributed by atoms with Gasteiger partial charge in [-0.25, -0.2) is 4.98 Å². The van der Waals surface area contributed by atoms with Gasteiger partial charge in [-0.05, 0) is 24.1 Å². The van der Waals surface area contributed by atoms with E-state index < -0.39 is 5.92 Å². The molecule has 148 valence electrons. The SMILES string of the molecule is CC[C@H](C)C(=O)Nc1nc2c(s1)C(=O)C[C@@H](C(=O)NCc1ccc(Cl)cc1)C2. The minimum absolute atomic E-state index is 0.102. The molecule has 8 heteroatoms. The molecule has 0 saturated heterocycles. The van der Waals surface area contributed by atoms with Gasteiger partial charge < -0.3 is 10.6 Å². The van der Waals surface area contributed by atoms with Crippen molar-refractivity contribution in [2.75, 3.05) is 5.32 Å². The quantitative estimate of drug-likeness (QED) is 0.744. The number of anilines is 1. The first-order valence-electron chi connectivity index (χ1n) is 9.23. The van der Waals surface area contributed by atoms with Crippen LogP contribution < -0.4 is 10.6 Å². The van der Waals surface area contributed by atoms with Crippen molar-refractivity contribution in [3.8, 4) is 0 Å². The van der Waals surface area contributed by atoms with Gasteiger partial charge in [-0.3, -0.25) is 14.4 Å². The molecule has 2 atom stereocenters. The Morgan fingerprint density at radius 2 is 2.00 bits per heavy atom. The molecule has 0 aliphatic heterocycles. The molecule has 28 heavy (non-hydrogen) atoms. The molecule has 6 nitrogen and oxygen atoms in total. The zero-order valence-electron chi connectivity index (χ0n) is 15.8. The number of ketones is 1. The van der Waals surface area contributed by atoms with E-state index in [1.165, 1.54) is 11.3 Å². The summed E-state index contributed by atoms with van der Waals surface area (Å²) in [4.78, 5) is 42.0. The minimum Gasteiger partial charge on any atom is -0.352 e. The average Bonchev–Trinajstić information content (AvgIpc) is 3.09. The highest BCUT2D eigenvalue weighted by atomic mass is 35.5. The number of nitrogens with zero attached hydrogens (tertiary/aromatic N) is 1. The van der Waals surface area contributed by atoms with Crippen LogP contribution in [0.3, 0.4) is 0 Å². The zero-order valence-corrected chi connectivity index (χ0v) is 17.3. The smallest absolute Gasteiger partial charge is 0.228 e. The van der Waals surface area contributed by atoms with Crippen molar-refractivity contribution in [1.29, 1.82) is 0 Å². The number of Topliss-reactive ketones (excluding diaryl/α,β-unsaturated/α-hetero) is 1. The highest BCUT2D eigenvalue weighted by Crippen LogP contribution is 2.32. The first kappa shape index (κ1) is 20.5. The van der Waals surface area contributed by atoms with Crippen LogP contribution in [-0.4, -0.2) is 22.6 Å². The van der Waals surface area contributed by atoms with Crippen molar-refractivity contribution in [3.63, 3.8) is 0 Å². The van der Waals surface area contributed by atoms with Gasteiger partial charge in [0.05, 0.1) is 16.5 Å². The van der Waals surface area contributed by atoms with E-state index in [2.05, 4.69) is 15.6 Å². The molecule has 0 bridgehead atoms. The van der Waals surface area contributed by atoms with Gasteiger partial charge in [0.1, 0.15) is 0 Å². The highest BCUT2D eigenvalue weighted by Gasteiger charge is 2.33. The third kappa shape index (κ3) is 4.77. The Bertz CT molecular complexity index is 895. The molecule has 2 amide bonds. The molecule has 2 aromatic rings. The van der Waals surface area contributed by atoms with Gasteiger partial charge in [-0.2, -0.15) is 0 Å². The van der Waals surface area contributed by atoms with Crippen molar-refractivity contribution in [1.82, 2.24) is 10.3 Å². The topological polar surface area (TPSA) is 88.2 Å². The van der Waals surface area contributed by atoms with Crippen molar-refractivity contribution in [3.05, 3.63) is 45.4 Å². The minimum atomic E-state index is -0.451. The second-order valence-electron chi connectivity index (χ2n) is 6.97. The molecule has 1 aliphatic carbocycles. The maximum absolute atomic E-state index is 12.5.